The van der Waals surface area contributed by atoms with Gasteiger partial charge in [-0.25, -0.2) is 0 Å². The van der Waals surface area contributed by atoms with Crippen molar-refractivity contribution in [3.05, 3.63) is 0 Å². The molecule has 1 fully saturated rings. The van der Waals surface area contributed by atoms with E-state index >= 15 is 0 Å². The topological polar surface area (TPSA) is 58.6 Å². The second-order valence-electron chi connectivity index (χ2n) is 8.15. The van der Waals surface area contributed by atoms with Crippen LogP contribution in [0.3, 0.4) is 0 Å². The molecule has 0 aromatic carbocycles. The second kappa shape index (κ2) is 13.3. The molecule has 0 unspecified atom stereocenters. The van der Waals surface area contributed by atoms with E-state index < -0.39 is 0 Å². The SMILES string of the molecule is CC(C)OCC(=O)NCCCCCCCN1CCC(C(=O)C(C)C)CC1. The Morgan fingerprint density at radius 2 is 1.62 bits per heavy atom. The van der Waals surface area contributed by atoms with Crippen LogP contribution in [-0.4, -0.2) is 55.5 Å². The summed E-state index contributed by atoms with van der Waals surface area (Å²) < 4.78 is 5.27. The van der Waals surface area contributed by atoms with Crippen LogP contribution in [0.4, 0.5) is 0 Å². The molecule has 26 heavy (non-hydrogen) atoms. The van der Waals surface area contributed by atoms with Crippen LogP contribution in [0.15, 0.2) is 0 Å². The Bertz CT molecular complexity index is 402. The van der Waals surface area contributed by atoms with Crippen LogP contribution in [0, 0.1) is 11.8 Å². The maximum absolute atomic E-state index is 12.0. The second-order valence-corrected chi connectivity index (χ2v) is 8.15. The molecule has 1 heterocycles. The number of nitrogens with one attached hydrogen (secondary N) is 1. The van der Waals surface area contributed by atoms with Crippen molar-refractivity contribution in [2.45, 2.75) is 78.7 Å². The van der Waals surface area contributed by atoms with E-state index in [4.69, 9.17) is 4.74 Å². The molecular formula is C21H40N2O3. The summed E-state index contributed by atoms with van der Waals surface area (Å²) in [6, 6.07) is 0. The fourth-order valence-corrected chi connectivity index (χ4v) is 3.42. The van der Waals surface area contributed by atoms with Crippen molar-refractivity contribution in [1.82, 2.24) is 10.2 Å². The molecule has 0 saturated carbocycles. The van der Waals surface area contributed by atoms with Crippen molar-refractivity contribution in [2.75, 3.05) is 32.8 Å². The van der Waals surface area contributed by atoms with Crippen LogP contribution in [0.1, 0.15) is 72.6 Å². The molecule has 1 amide bonds. The number of hydrogen-bond acceptors (Lipinski definition) is 4. The first-order valence-corrected chi connectivity index (χ1v) is 10.5. The Morgan fingerprint density at radius 1 is 1.00 bits per heavy atom. The minimum absolute atomic E-state index is 0.0157. The zero-order valence-electron chi connectivity index (χ0n) is 17.4. The maximum atomic E-state index is 12.0. The van der Waals surface area contributed by atoms with Gasteiger partial charge in [0.25, 0.3) is 0 Å². The van der Waals surface area contributed by atoms with Crippen LogP contribution < -0.4 is 5.32 Å². The Hall–Kier alpha value is -0.940. The number of Topliss-reactive ketones (excluding diaryl/α,β-unsaturated/α-hetero) is 1. The molecule has 1 aliphatic heterocycles. The van der Waals surface area contributed by atoms with E-state index in [9.17, 15) is 9.59 Å². The van der Waals surface area contributed by atoms with E-state index in [0.29, 0.717) is 11.7 Å². The molecule has 0 aromatic rings. The molecule has 152 valence electrons. The first-order valence-electron chi connectivity index (χ1n) is 10.5. The molecule has 1 N–H and O–H groups in total. The van der Waals surface area contributed by atoms with Crippen molar-refractivity contribution in [3.63, 3.8) is 0 Å². The average Bonchev–Trinajstić information content (AvgIpc) is 2.62. The number of rotatable bonds is 13. The lowest BCUT2D eigenvalue weighted by atomic mass is 9.87. The summed E-state index contributed by atoms with van der Waals surface area (Å²) in [5.41, 5.74) is 0. The first-order chi connectivity index (χ1) is 12.4. The summed E-state index contributed by atoms with van der Waals surface area (Å²) in [6.45, 7) is 12.1. The third kappa shape index (κ3) is 10.3. The number of ketones is 1. The molecular weight excluding hydrogens is 328 g/mol. The molecule has 0 atom stereocenters. The molecule has 5 nitrogen and oxygen atoms in total. The van der Waals surface area contributed by atoms with Gasteiger partial charge in [-0.3, -0.25) is 9.59 Å². The van der Waals surface area contributed by atoms with Gasteiger partial charge >= 0.3 is 0 Å². The summed E-state index contributed by atoms with van der Waals surface area (Å²) in [7, 11) is 0. The fraction of sp³-hybridized carbons (Fsp3) is 0.905. The summed E-state index contributed by atoms with van der Waals surface area (Å²) in [5.74, 6) is 0.914. The number of carbonyl (C=O) groups is 2. The van der Waals surface area contributed by atoms with E-state index in [0.717, 1.165) is 51.9 Å². The standard InChI is InChI=1S/C21H40N2O3/c1-17(2)21(25)19-10-14-23(15-11-19)13-9-7-5-6-8-12-22-20(24)16-26-18(3)4/h17-19H,5-16H2,1-4H3,(H,22,24). The van der Waals surface area contributed by atoms with Gasteiger partial charge in [0.05, 0.1) is 6.10 Å². The van der Waals surface area contributed by atoms with Gasteiger partial charge in [-0.2, -0.15) is 0 Å². The molecule has 1 saturated heterocycles. The highest BCUT2D eigenvalue weighted by Crippen LogP contribution is 2.21. The maximum Gasteiger partial charge on any atom is 0.246 e. The van der Waals surface area contributed by atoms with Crippen molar-refractivity contribution in [1.29, 1.82) is 0 Å². The normalized spacial score (nSPS) is 16.4. The minimum atomic E-state index is -0.0157. The number of ether oxygens (including phenoxy) is 1. The summed E-state index contributed by atoms with van der Waals surface area (Å²) in [5, 5.41) is 2.90. The smallest absolute Gasteiger partial charge is 0.246 e. The average molecular weight is 369 g/mol. The van der Waals surface area contributed by atoms with Gasteiger partial charge in [-0.05, 0) is 59.2 Å². The van der Waals surface area contributed by atoms with E-state index in [2.05, 4.69) is 10.2 Å². The van der Waals surface area contributed by atoms with E-state index in [1.54, 1.807) is 0 Å². The Morgan fingerprint density at radius 3 is 2.23 bits per heavy atom. The lowest BCUT2D eigenvalue weighted by Gasteiger charge is -2.31. The molecule has 0 bridgehead atoms. The van der Waals surface area contributed by atoms with Gasteiger partial charge < -0.3 is 15.0 Å². The highest BCUT2D eigenvalue weighted by molar-refractivity contribution is 5.82. The zero-order chi connectivity index (χ0) is 19.4. The summed E-state index contributed by atoms with van der Waals surface area (Å²) in [6.07, 6.45) is 8.08. The van der Waals surface area contributed by atoms with E-state index in [-0.39, 0.29) is 24.5 Å². The largest absolute Gasteiger partial charge is 0.369 e. The highest BCUT2D eigenvalue weighted by Gasteiger charge is 2.25. The van der Waals surface area contributed by atoms with Crippen molar-refractivity contribution in [2.24, 2.45) is 11.8 Å². The number of amides is 1. The molecule has 0 aliphatic carbocycles. The Balaban J connectivity index is 1.92. The number of likely N-dealkylation sites (tertiary alicyclic amines) is 1. The van der Waals surface area contributed by atoms with Crippen molar-refractivity contribution < 1.29 is 14.3 Å². The number of unbranched alkanes of at least 4 members (excludes halogenated alkanes) is 4. The van der Waals surface area contributed by atoms with Gasteiger partial charge in [-0.1, -0.05) is 33.1 Å². The van der Waals surface area contributed by atoms with Gasteiger partial charge in [0.1, 0.15) is 12.4 Å². The van der Waals surface area contributed by atoms with E-state index in [1.165, 1.54) is 19.3 Å². The predicted molar refractivity (Wildman–Crippen MR) is 106 cm³/mol. The van der Waals surface area contributed by atoms with Crippen LogP contribution >= 0.6 is 0 Å². The zero-order valence-corrected chi connectivity index (χ0v) is 17.4. The molecule has 5 heteroatoms. The lowest BCUT2D eigenvalue weighted by Crippen LogP contribution is -2.37. The number of hydrogen-bond donors (Lipinski definition) is 1. The Kier molecular flexibility index (Phi) is 11.8. The fourth-order valence-electron chi connectivity index (χ4n) is 3.42. The molecule has 0 radical (unpaired) electrons. The molecule has 1 aliphatic rings. The highest BCUT2D eigenvalue weighted by atomic mass is 16.5. The van der Waals surface area contributed by atoms with Crippen molar-refractivity contribution >= 4 is 11.7 Å². The van der Waals surface area contributed by atoms with Gasteiger partial charge in [0.2, 0.25) is 5.91 Å². The third-order valence-electron chi connectivity index (χ3n) is 5.08. The van der Waals surface area contributed by atoms with Gasteiger partial charge in [0, 0.05) is 18.4 Å². The molecule has 0 spiro atoms. The predicted octanol–water partition coefficient (Wildman–Crippen LogP) is 3.42. The van der Waals surface area contributed by atoms with Gasteiger partial charge in [0.15, 0.2) is 0 Å². The number of piperidine rings is 1. The quantitative estimate of drug-likeness (QED) is 0.506. The summed E-state index contributed by atoms with van der Waals surface area (Å²) >= 11 is 0. The van der Waals surface area contributed by atoms with Gasteiger partial charge in [-0.15, -0.1) is 0 Å². The summed E-state index contributed by atoms with van der Waals surface area (Å²) in [4.78, 5) is 26.1. The lowest BCUT2D eigenvalue weighted by molar-refractivity contribution is -0.127. The van der Waals surface area contributed by atoms with Crippen LogP contribution in [0.5, 0.6) is 0 Å². The van der Waals surface area contributed by atoms with Crippen LogP contribution in [0.2, 0.25) is 0 Å². The first kappa shape index (κ1) is 23.1. The van der Waals surface area contributed by atoms with Crippen molar-refractivity contribution in [3.8, 4) is 0 Å². The monoisotopic (exact) mass is 368 g/mol. The van der Waals surface area contributed by atoms with Crippen LogP contribution in [-0.2, 0) is 14.3 Å². The Labute approximate surface area is 160 Å². The van der Waals surface area contributed by atoms with Crippen LogP contribution in [0.25, 0.3) is 0 Å². The van der Waals surface area contributed by atoms with E-state index in [1.807, 2.05) is 27.7 Å². The number of carbonyl (C=O) groups excluding carboxylic acids is 2. The molecule has 0 aromatic heterocycles. The molecule has 1 rings (SSSR count). The minimum Gasteiger partial charge on any atom is -0.369 e. The number of nitrogens with zero attached hydrogens (tertiary/aromatic N) is 1. The third-order valence-corrected chi connectivity index (χ3v) is 5.08.